The maximum absolute atomic E-state index is 3.01. The summed E-state index contributed by atoms with van der Waals surface area (Å²) < 4.78 is 2.79. The van der Waals surface area contributed by atoms with E-state index in [-0.39, 0.29) is 44.9 Å². The molecule has 7 aromatic carbocycles. The van der Waals surface area contributed by atoms with Crippen molar-refractivity contribution >= 4 is 72.0 Å². The molecule has 14 rings (SSSR count). The molecule has 3 aliphatic carbocycles. The lowest BCUT2D eigenvalue weighted by Crippen LogP contribution is -2.65. The molecule has 3 aliphatic heterocycles. The number of benzene rings is 7. The number of fused-ring (bicyclic) bond motifs is 15. The number of hydrogen-bond acceptors (Lipinski definition) is 3. The fourth-order valence-electron chi connectivity index (χ4n) is 15.7. The van der Waals surface area contributed by atoms with Crippen molar-refractivity contribution in [2.24, 2.45) is 0 Å². The molecule has 2 unspecified atom stereocenters. The van der Waals surface area contributed by atoms with Crippen LogP contribution in [0.4, 0.5) is 22.7 Å². The molecular formula is C69H73BN2S. The SMILES string of the molecule is CC(C)(C)c1ccc(N2B3c4cc(C(C)(C)C)cc5c4N(c4c3c(cc3c4C(C)(C)c4ccccc4-3)-c3cc4sc6cc7c(cc6c4cc32)C(C)(C)CCC7(C)C)C2(C)CCCCC52C)c(-c2ccccc2)c1. The van der Waals surface area contributed by atoms with Gasteiger partial charge < -0.3 is 9.71 Å². The second-order valence-corrected chi connectivity index (χ2v) is 29.0. The molecule has 1 aromatic heterocycles. The Labute approximate surface area is 440 Å². The first-order valence-corrected chi connectivity index (χ1v) is 28.6. The van der Waals surface area contributed by atoms with Crippen molar-refractivity contribution in [3.8, 4) is 33.4 Å². The number of rotatable bonds is 2. The van der Waals surface area contributed by atoms with Gasteiger partial charge in [-0.05, 0) is 169 Å². The summed E-state index contributed by atoms with van der Waals surface area (Å²) in [7, 11) is 0. The first-order valence-electron chi connectivity index (χ1n) is 27.8. The van der Waals surface area contributed by atoms with Gasteiger partial charge in [0.25, 0.3) is 0 Å². The molecule has 2 nitrogen and oxygen atoms in total. The Hall–Kier alpha value is -5.58. The lowest BCUT2D eigenvalue weighted by atomic mass is 9.42. The highest BCUT2D eigenvalue weighted by molar-refractivity contribution is 7.25. The Morgan fingerprint density at radius 3 is 1.88 bits per heavy atom. The van der Waals surface area contributed by atoms with E-state index in [9.17, 15) is 0 Å². The number of hydrogen-bond donors (Lipinski definition) is 0. The fraction of sp³-hybridized carbons (Fsp3) is 0.391. The molecule has 0 radical (unpaired) electrons. The molecule has 368 valence electrons. The Kier molecular flexibility index (Phi) is 9.08. The predicted molar refractivity (Wildman–Crippen MR) is 317 cm³/mol. The van der Waals surface area contributed by atoms with Crippen molar-refractivity contribution in [2.75, 3.05) is 9.71 Å². The van der Waals surface area contributed by atoms with Crippen LogP contribution in [0.2, 0.25) is 0 Å². The lowest BCUT2D eigenvalue weighted by Gasteiger charge is -2.54. The van der Waals surface area contributed by atoms with E-state index in [0.717, 1.165) is 0 Å². The molecule has 0 amide bonds. The van der Waals surface area contributed by atoms with Gasteiger partial charge in [-0.15, -0.1) is 11.3 Å². The van der Waals surface area contributed by atoms with Crippen LogP contribution in [0.3, 0.4) is 0 Å². The van der Waals surface area contributed by atoms with Crippen molar-refractivity contribution < 1.29 is 0 Å². The minimum atomic E-state index is -0.210. The van der Waals surface area contributed by atoms with Crippen LogP contribution < -0.4 is 20.6 Å². The molecule has 6 aliphatic rings. The molecule has 0 N–H and O–H groups in total. The predicted octanol–water partition coefficient (Wildman–Crippen LogP) is 18.0. The van der Waals surface area contributed by atoms with Gasteiger partial charge in [0.1, 0.15) is 0 Å². The van der Waals surface area contributed by atoms with E-state index in [1.807, 2.05) is 11.3 Å². The maximum Gasteiger partial charge on any atom is 0.333 e. The first kappa shape index (κ1) is 46.0. The summed E-state index contributed by atoms with van der Waals surface area (Å²) in [6.45, 7) is 34.7. The average molecular weight is 973 g/mol. The highest BCUT2D eigenvalue weighted by Crippen LogP contribution is 2.66. The highest BCUT2D eigenvalue weighted by Gasteiger charge is 2.63. The van der Waals surface area contributed by atoms with E-state index >= 15 is 0 Å². The Balaban J connectivity index is 1.19. The molecule has 0 bridgehead atoms. The van der Waals surface area contributed by atoms with Gasteiger partial charge in [0.05, 0.1) is 5.54 Å². The smallest absolute Gasteiger partial charge is 0.333 e. The maximum atomic E-state index is 3.01. The average Bonchev–Trinajstić information content (AvgIpc) is 3.95. The minimum absolute atomic E-state index is 0.0274. The standard InChI is InChI=1S/C69H73BN2S/c1-63(2,3)41-26-27-55(44(32-41)40-22-16-15-17-23-40)72-56-37-47-46-36-51-52(66(9,10)31-30-65(51,7)8)39-58(46)73-57(47)38-45(56)49-35-48-43-24-18-19-25-50(43)67(11,12)59(48)62-60(49)70(72)54-34-42(64(4,5)6)33-53-61(54)71(62)69(14)29-21-20-28-68(53,69)13/h15-19,22-27,32-39H,20-21,28-31H2,1-14H3. The van der Waals surface area contributed by atoms with Gasteiger partial charge in [0.2, 0.25) is 0 Å². The number of thiophene rings is 1. The van der Waals surface area contributed by atoms with Gasteiger partial charge in [0.15, 0.2) is 0 Å². The van der Waals surface area contributed by atoms with Crippen LogP contribution in [0.15, 0.2) is 115 Å². The van der Waals surface area contributed by atoms with E-state index in [1.165, 1.54) is 154 Å². The van der Waals surface area contributed by atoms with E-state index in [1.54, 1.807) is 11.1 Å². The zero-order valence-electron chi connectivity index (χ0n) is 46.1. The van der Waals surface area contributed by atoms with Gasteiger partial charge in [-0.3, -0.25) is 0 Å². The Morgan fingerprint density at radius 2 is 1.15 bits per heavy atom. The van der Waals surface area contributed by atoms with Crippen molar-refractivity contribution in [3.05, 3.63) is 154 Å². The molecule has 73 heavy (non-hydrogen) atoms. The molecule has 4 heterocycles. The van der Waals surface area contributed by atoms with Gasteiger partial charge in [0, 0.05) is 64.9 Å². The van der Waals surface area contributed by atoms with Gasteiger partial charge in [-0.25, -0.2) is 0 Å². The van der Waals surface area contributed by atoms with Crippen LogP contribution in [-0.2, 0) is 32.5 Å². The van der Waals surface area contributed by atoms with Crippen LogP contribution in [-0.4, -0.2) is 12.4 Å². The minimum Gasteiger partial charge on any atom is -0.376 e. The normalized spacial score (nSPS) is 22.4. The first-order chi connectivity index (χ1) is 34.4. The summed E-state index contributed by atoms with van der Waals surface area (Å²) >= 11 is 2.01. The molecule has 1 fully saturated rings. The highest BCUT2D eigenvalue weighted by atomic mass is 32.1. The summed E-state index contributed by atoms with van der Waals surface area (Å²) in [4.78, 5) is 5.90. The monoisotopic (exact) mass is 973 g/mol. The fourth-order valence-corrected chi connectivity index (χ4v) is 16.8. The van der Waals surface area contributed by atoms with Crippen LogP contribution in [0.25, 0.3) is 53.6 Å². The van der Waals surface area contributed by atoms with Crippen molar-refractivity contribution in [1.29, 1.82) is 0 Å². The summed E-state index contributed by atoms with van der Waals surface area (Å²) in [6, 6.07) is 46.9. The van der Waals surface area contributed by atoms with Crippen LogP contribution in [0.5, 0.6) is 0 Å². The summed E-state index contributed by atoms with van der Waals surface area (Å²) in [5, 5.41) is 2.79. The van der Waals surface area contributed by atoms with Gasteiger partial charge >= 0.3 is 6.85 Å². The third-order valence-corrected chi connectivity index (χ3v) is 21.4. The third-order valence-electron chi connectivity index (χ3n) is 20.3. The Morgan fingerprint density at radius 1 is 0.493 bits per heavy atom. The van der Waals surface area contributed by atoms with E-state index < -0.39 is 0 Å². The molecular weight excluding hydrogens is 900 g/mol. The quantitative estimate of drug-likeness (QED) is 0.159. The molecule has 8 aromatic rings. The second-order valence-electron chi connectivity index (χ2n) is 27.9. The third kappa shape index (κ3) is 5.94. The van der Waals surface area contributed by atoms with Crippen LogP contribution in [0, 0.1) is 0 Å². The zero-order chi connectivity index (χ0) is 50.9. The van der Waals surface area contributed by atoms with E-state index in [4.69, 9.17) is 0 Å². The molecule has 2 atom stereocenters. The lowest BCUT2D eigenvalue weighted by molar-refractivity contribution is 0.194. The van der Waals surface area contributed by atoms with E-state index in [2.05, 4.69) is 222 Å². The molecule has 1 saturated carbocycles. The number of anilines is 4. The Bertz CT molecular complexity index is 3740. The van der Waals surface area contributed by atoms with Gasteiger partial charge in [-0.2, -0.15) is 0 Å². The van der Waals surface area contributed by atoms with Crippen LogP contribution >= 0.6 is 11.3 Å². The van der Waals surface area contributed by atoms with Crippen LogP contribution in [0.1, 0.15) is 174 Å². The molecule has 0 saturated heterocycles. The van der Waals surface area contributed by atoms with Gasteiger partial charge in [-0.1, -0.05) is 176 Å². The summed E-state index contributed by atoms with van der Waals surface area (Å²) in [5.41, 5.74) is 26.9. The van der Waals surface area contributed by atoms with Crippen molar-refractivity contribution in [3.63, 3.8) is 0 Å². The van der Waals surface area contributed by atoms with E-state index in [0.29, 0.717) is 0 Å². The topological polar surface area (TPSA) is 6.48 Å². The van der Waals surface area contributed by atoms with Crippen molar-refractivity contribution in [2.45, 2.75) is 173 Å². The molecule has 0 spiro atoms. The molecule has 4 heteroatoms. The summed E-state index contributed by atoms with van der Waals surface area (Å²) in [6.07, 6.45) is 7.30. The van der Waals surface area contributed by atoms with Crippen molar-refractivity contribution in [1.82, 2.24) is 0 Å². The largest absolute Gasteiger partial charge is 0.376 e. The summed E-state index contributed by atoms with van der Waals surface area (Å²) in [5.74, 6) is 0. The zero-order valence-corrected chi connectivity index (χ0v) is 46.9. The number of nitrogens with zero attached hydrogens (tertiary/aromatic N) is 2. The second kappa shape index (κ2) is 14.4.